The van der Waals surface area contributed by atoms with Crippen molar-refractivity contribution in [2.45, 2.75) is 12.6 Å². The third-order valence-corrected chi connectivity index (χ3v) is 2.40. The summed E-state index contributed by atoms with van der Waals surface area (Å²) in [7, 11) is 0. The summed E-state index contributed by atoms with van der Waals surface area (Å²) in [6.45, 7) is 0. The van der Waals surface area contributed by atoms with Gasteiger partial charge in [-0.1, -0.05) is 29.8 Å². The van der Waals surface area contributed by atoms with Crippen LogP contribution in [0.5, 0.6) is 0 Å². The third kappa shape index (κ3) is 2.24. The van der Waals surface area contributed by atoms with Crippen LogP contribution in [0.15, 0.2) is 24.4 Å². The van der Waals surface area contributed by atoms with E-state index in [2.05, 4.69) is 10.2 Å². The van der Waals surface area contributed by atoms with Gasteiger partial charge in [0.05, 0.1) is 23.2 Å². The Morgan fingerprint density at radius 2 is 2.00 bits per heavy atom. The fraction of sp³-hybridized carbons (Fsp3) is 0.200. The van der Waals surface area contributed by atoms with E-state index in [1.165, 1.54) is 18.3 Å². The molecule has 0 atom stereocenters. The van der Waals surface area contributed by atoms with Crippen molar-refractivity contribution in [3.8, 4) is 0 Å². The Kier molecular flexibility index (Phi) is 2.71. The zero-order chi connectivity index (χ0) is 11.8. The molecule has 84 valence electrons. The van der Waals surface area contributed by atoms with Crippen molar-refractivity contribution in [3.05, 3.63) is 35.0 Å². The molecule has 2 nitrogen and oxygen atoms in total. The molecule has 6 heteroatoms. The molecule has 16 heavy (non-hydrogen) atoms. The predicted octanol–water partition coefficient (Wildman–Crippen LogP) is 3.39. The SMILES string of the molecule is FC(F)(F)Cc1cccc2c(Cl)cnnc12. The number of benzene rings is 1. The van der Waals surface area contributed by atoms with Crippen LogP contribution in [0.25, 0.3) is 10.9 Å². The summed E-state index contributed by atoms with van der Waals surface area (Å²) < 4.78 is 36.9. The zero-order valence-corrected chi connectivity index (χ0v) is 8.68. The van der Waals surface area contributed by atoms with Crippen LogP contribution >= 0.6 is 11.6 Å². The molecule has 2 aromatic rings. The molecular formula is C10H6ClF3N2. The monoisotopic (exact) mass is 246 g/mol. The molecule has 0 amide bonds. The van der Waals surface area contributed by atoms with E-state index in [9.17, 15) is 13.2 Å². The van der Waals surface area contributed by atoms with Crippen LogP contribution in [0.4, 0.5) is 13.2 Å². The van der Waals surface area contributed by atoms with Crippen LogP contribution in [0.3, 0.4) is 0 Å². The van der Waals surface area contributed by atoms with E-state index in [0.29, 0.717) is 10.4 Å². The van der Waals surface area contributed by atoms with E-state index < -0.39 is 12.6 Å². The van der Waals surface area contributed by atoms with Gasteiger partial charge in [-0.3, -0.25) is 0 Å². The van der Waals surface area contributed by atoms with Crippen molar-refractivity contribution in [3.63, 3.8) is 0 Å². The number of rotatable bonds is 1. The summed E-state index contributed by atoms with van der Waals surface area (Å²) in [5.74, 6) is 0. The fourth-order valence-corrected chi connectivity index (χ4v) is 1.66. The first-order valence-electron chi connectivity index (χ1n) is 4.43. The molecule has 0 saturated heterocycles. The lowest BCUT2D eigenvalue weighted by molar-refractivity contribution is -0.127. The summed E-state index contributed by atoms with van der Waals surface area (Å²) in [4.78, 5) is 0. The number of fused-ring (bicyclic) bond motifs is 1. The normalized spacial score (nSPS) is 12.0. The van der Waals surface area contributed by atoms with Gasteiger partial charge >= 0.3 is 6.18 Å². The summed E-state index contributed by atoms with van der Waals surface area (Å²) in [5, 5.41) is 8.03. The Balaban J connectivity index is 2.58. The van der Waals surface area contributed by atoms with Gasteiger partial charge in [0.2, 0.25) is 0 Å². The summed E-state index contributed by atoms with van der Waals surface area (Å²) >= 11 is 5.82. The van der Waals surface area contributed by atoms with Crippen molar-refractivity contribution in [2.24, 2.45) is 0 Å². The van der Waals surface area contributed by atoms with E-state index in [-0.39, 0.29) is 11.1 Å². The van der Waals surface area contributed by atoms with E-state index in [4.69, 9.17) is 11.6 Å². The molecule has 0 aliphatic rings. The Hall–Kier alpha value is -1.36. The van der Waals surface area contributed by atoms with E-state index in [1.54, 1.807) is 6.07 Å². The van der Waals surface area contributed by atoms with Gasteiger partial charge in [0.15, 0.2) is 0 Å². The number of aromatic nitrogens is 2. The van der Waals surface area contributed by atoms with Crippen LogP contribution in [0, 0.1) is 0 Å². The topological polar surface area (TPSA) is 25.8 Å². The summed E-state index contributed by atoms with van der Waals surface area (Å²) in [5.41, 5.74) is 0.285. The molecule has 0 unspecified atom stereocenters. The first kappa shape index (κ1) is 11.1. The van der Waals surface area contributed by atoms with Gasteiger partial charge in [0, 0.05) is 5.39 Å². The highest BCUT2D eigenvalue weighted by atomic mass is 35.5. The lowest BCUT2D eigenvalue weighted by Crippen LogP contribution is -2.12. The second-order valence-electron chi connectivity index (χ2n) is 3.30. The number of hydrogen-bond acceptors (Lipinski definition) is 2. The van der Waals surface area contributed by atoms with Gasteiger partial charge in [-0.05, 0) is 5.56 Å². The van der Waals surface area contributed by atoms with Crippen molar-refractivity contribution in [2.75, 3.05) is 0 Å². The zero-order valence-electron chi connectivity index (χ0n) is 7.92. The van der Waals surface area contributed by atoms with E-state index in [0.717, 1.165) is 0 Å². The highest BCUT2D eigenvalue weighted by Gasteiger charge is 2.28. The van der Waals surface area contributed by atoms with E-state index in [1.807, 2.05) is 0 Å². The highest BCUT2D eigenvalue weighted by molar-refractivity contribution is 6.35. The van der Waals surface area contributed by atoms with Crippen LogP contribution in [-0.4, -0.2) is 16.4 Å². The summed E-state index contributed by atoms with van der Waals surface area (Å²) in [6, 6.07) is 4.52. The number of halogens is 4. The van der Waals surface area contributed by atoms with Crippen molar-refractivity contribution >= 4 is 22.5 Å². The molecular weight excluding hydrogens is 241 g/mol. The molecule has 0 N–H and O–H groups in total. The fourth-order valence-electron chi connectivity index (χ4n) is 1.47. The average molecular weight is 247 g/mol. The second-order valence-corrected chi connectivity index (χ2v) is 3.70. The minimum Gasteiger partial charge on any atom is -0.171 e. The van der Waals surface area contributed by atoms with Crippen LogP contribution in [0.1, 0.15) is 5.56 Å². The number of alkyl halides is 3. The quantitative estimate of drug-likeness (QED) is 0.771. The Morgan fingerprint density at radius 1 is 1.25 bits per heavy atom. The second kappa shape index (κ2) is 3.90. The lowest BCUT2D eigenvalue weighted by atomic mass is 10.1. The minimum atomic E-state index is -4.27. The van der Waals surface area contributed by atoms with Gasteiger partial charge < -0.3 is 0 Å². The molecule has 0 aliphatic carbocycles. The Labute approximate surface area is 94.1 Å². The van der Waals surface area contributed by atoms with E-state index >= 15 is 0 Å². The standard InChI is InChI=1S/C10H6ClF3N2/c11-8-5-15-16-9-6(4-10(12,13)14)2-1-3-7(8)9/h1-3,5H,4H2. The van der Waals surface area contributed by atoms with Gasteiger partial charge in [-0.15, -0.1) is 0 Å². The molecule has 0 radical (unpaired) electrons. The first-order valence-corrected chi connectivity index (χ1v) is 4.81. The number of hydrogen-bond donors (Lipinski definition) is 0. The maximum Gasteiger partial charge on any atom is 0.393 e. The molecule has 0 spiro atoms. The predicted molar refractivity (Wildman–Crippen MR) is 54.3 cm³/mol. The average Bonchev–Trinajstić information content (AvgIpc) is 2.17. The molecule has 0 aliphatic heterocycles. The molecule has 0 saturated carbocycles. The molecule has 0 bridgehead atoms. The first-order chi connectivity index (χ1) is 7.47. The maximum absolute atomic E-state index is 12.3. The van der Waals surface area contributed by atoms with Gasteiger partial charge in [-0.25, -0.2) is 0 Å². The van der Waals surface area contributed by atoms with Crippen molar-refractivity contribution < 1.29 is 13.2 Å². The minimum absolute atomic E-state index is 0.0833. The molecule has 1 aromatic carbocycles. The van der Waals surface area contributed by atoms with Gasteiger partial charge in [-0.2, -0.15) is 23.4 Å². The molecule has 2 rings (SSSR count). The Morgan fingerprint density at radius 3 is 2.69 bits per heavy atom. The van der Waals surface area contributed by atoms with Crippen LogP contribution in [-0.2, 0) is 6.42 Å². The van der Waals surface area contributed by atoms with Crippen LogP contribution in [0.2, 0.25) is 5.02 Å². The van der Waals surface area contributed by atoms with Gasteiger partial charge in [0.1, 0.15) is 0 Å². The number of nitrogens with zero attached hydrogens (tertiary/aromatic N) is 2. The van der Waals surface area contributed by atoms with Crippen molar-refractivity contribution in [1.82, 2.24) is 10.2 Å². The molecule has 1 heterocycles. The smallest absolute Gasteiger partial charge is 0.171 e. The maximum atomic E-state index is 12.3. The molecule has 1 aromatic heterocycles. The lowest BCUT2D eigenvalue weighted by Gasteiger charge is -2.08. The van der Waals surface area contributed by atoms with Gasteiger partial charge in [0.25, 0.3) is 0 Å². The largest absolute Gasteiger partial charge is 0.393 e. The summed E-state index contributed by atoms with van der Waals surface area (Å²) in [6.07, 6.45) is -3.99. The highest BCUT2D eigenvalue weighted by Crippen LogP contribution is 2.28. The third-order valence-electron chi connectivity index (χ3n) is 2.10. The Bertz CT molecular complexity index is 525. The van der Waals surface area contributed by atoms with Crippen LogP contribution < -0.4 is 0 Å². The van der Waals surface area contributed by atoms with Crippen molar-refractivity contribution in [1.29, 1.82) is 0 Å². The molecule has 0 fully saturated rings.